The molecule has 0 aliphatic carbocycles. The molecule has 0 radical (unpaired) electrons. The maximum Gasteiger partial charge on any atom is 0.196 e. The molecular weight excluding hydrogens is 404 g/mol. The van der Waals surface area contributed by atoms with E-state index in [0.29, 0.717) is 4.48 Å². The van der Waals surface area contributed by atoms with Crippen LogP contribution in [0, 0.1) is 5.92 Å². The standard InChI is InChI=1S/C30H53N2O/c1-28(2)20-16-13-11-9-7-5-3-4-6-8-10-12-14-19-23-30(33)32(25-24-31-27-32)26-29-21-17-15-18-22-29/h15,17-18,21-22,27-28,30,33H,3-14,16,19-20,23-26H2,1-2H3/q+1. The number of aliphatic hydroxyl groups is 1. The van der Waals surface area contributed by atoms with E-state index >= 15 is 0 Å². The molecule has 0 fully saturated rings. The number of nitrogens with zero attached hydrogens (tertiary/aromatic N) is 2. The Morgan fingerprint density at radius 2 is 1.21 bits per heavy atom. The highest BCUT2D eigenvalue weighted by molar-refractivity contribution is 5.48. The molecule has 1 N–H and O–H groups in total. The Balaban J connectivity index is 1.41. The molecule has 0 spiro atoms. The number of quaternary nitrogens is 1. The first-order chi connectivity index (χ1) is 16.1. The molecule has 1 heterocycles. The maximum absolute atomic E-state index is 11.0. The van der Waals surface area contributed by atoms with Gasteiger partial charge in [-0.1, -0.05) is 134 Å². The van der Waals surface area contributed by atoms with E-state index in [1.165, 1.54) is 95.5 Å². The Hall–Kier alpha value is -1.19. The minimum Gasteiger partial charge on any atom is -0.344 e. The van der Waals surface area contributed by atoms with Gasteiger partial charge in [0.15, 0.2) is 12.6 Å². The van der Waals surface area contributed by atoms with Crippen molar-refractivity contribution in [2.75, 3.05) is 13.1 Å². The Morgan fingerprint density at radius 3 is 1.67 bits per heavy atom. The second kappa shape index (κ2) is 17.3. The second-order valence-corrected chi connectivity index (χ2v) is 10.9. The predicted octanol–water partition coefficient (Wildman–Crippen LogP) is 8.26. The largest absolute Gasteiger partial charge is 0.344 e. The summed E-state index contributed by atoms with van der Waals surface area (Å²) in [6, 6.07) is 10.5. The van der Waals surface area contributed by atoms with Gasteiger partial charge in [0.25, 0.3) is 0 Å². The third-order valence-corrected chi connectivity index (χ3v) is 7.36. The summed E-state index contributed by atoms with van der Waals surface area (Å²) >= 11 is 0. The van der Waals surface area contributed by atoms with Gasteiger partial charge in [0, 0.05) is 12.0 Å². The lowest BCUT2D eigenvalue weighted by Crippen LogP contribution is -2.52. The highest BCUT2D eigenvalue weighted by Crippen LogP contribution is 2.23. The van der Waals surface area contributed by atoms with Gasteiger partial charge in [0.2, 0.25) is 0 Å². The lowest BCUT2D eigenvalue weighted by atomic mass is 10.0. The summed E-state index contributed by atoms with van der Waals surface area (Å²) in [6.45, 7) is 7.28. The van der Waals surface area contributed by atoms with Crippen LogP contribution in [0.25, 0.3) is 0 Å². The quantitative estimate of drug-likeness (QED) is 0.155. The van der Waals surface area contributed by atoms with Gasteiger partial charge in [-0.3, -0.25) is 4.48 Å². The molecule has 0 amide bonds. The number of aliphatic imine (C=N–C) groups is 1. The Bertz CT molecular complexity index is 615. The van der Waals surface area contributed by atoms with Crippen LogP contribution in [-0.2, 0) is 6.54 Å². The van der Waals surface area contributed by atoms with Crippen molar-refractivity contribution in [3.05, 3.63) is 35.9 Å². The number of aliphatic hydroxyl groups excluding tert-OH is 1. The lowest BCUT2D eigenvalue weighted by Gasteiger charge is -2.35. The summed E-state index contributed by atoms with van der Waals surface area (Å²) in [4.78, 5) is 4.47. The fourth-order valence-electron chi connectivity index (χ4n) is 5.15. The Morgan fingerprint density at radius 1 is 0.727 bits per heavy atom. The molecule has 0 bridgehead atoms. The van der Waals surface area contributed by atoms with E-state index in [4.69, 9.17) is 0 Å². The van der Waals surface area contributed by atoms with Crippen LogP contribution in [0.1, 0.15) is 122 Å². The molecule has 0 saturated carbocycles. The average Bonchev–Trinajstić information content (AvgIpc) is 3.29. The zero-order chi connectivity index (χ0) is 23.6. The van der Waals surface area contributed by atoms with E-state index in [1.54, 1.807) is 0 Å². The van der Waals surface area contributed by atoms with Crippen molar-refractivity contribution < 1.29 is 9.59 Å². The number of hydrogen-bond acceptors (Lipinski definition) is 2. The SMILES string of the molecule is CC(C)CCCCCCCCCCCCCCCCC(O)[N+]1(Cc2ccccc2)C=NCC1. The van der Waals surface area contributed by atoms with E-state index in [2.05, 4.69) is 49.2 Å². The monoisotopic (exact) mass is 457 g/mol. The van der Waals surface area contributed by atoms with Crippen molar-refractivity contribution in [2.45, 2.75) is 129 Å². The number of hydrogen-bond donors (Lipinski definition) is 1. The number of rotatable bonds is 20. The van der Waals surface area contributed by atoms with Gasteiger partial charge in [-0.05, 0) is 12.3 Å². The summed E-state index contributed by atoms with van der Waals surface area (Å²) in [7, 11) is 0. The number of benzene rings is 1. The zero-order valence-electron chi connectivity index (χ0n) is 21.9. The van der Waals surface area contributed by atoms with Crippen LogP contribution in [0.4, 0.5) is 0 Å². The van der Waals surface area contributed by atoms with Gasteiger partial charge in [-0.15, -0.1) is 0 Å². The first kappa shape index (κ1) is 28.1. The van der Waals surface area contributed by atoms with Crippen molar-refractivity contribution in [1.29, 1.82) is 0 Å². The molecule has 1 aliphatic heterocycles. The van der Waals surface area contributed by atoms with Gasteiger partial charge in [0.1, 0.15) is 13.1 Å². The molecule has 3 nitrogen and oxygen atoms in total. The van der Waals surface area contributed by atoms with Gasteiger partial charge in [-0.25, -0.2) is 4.99 Å². The van der Waals surface area contributed by atoms with Crippen LogP contribution in [0.3, 0.4) is 0 Å². The molecule has 0 aromatic heterocycles. The molecule has 2 rings (SSSR count). The predicted molar refractivity (Wildman–Crippen MR) is 143 cm³/mol. The minimum atomic E-state index is -0.327. The minimum absolute atomic E-state index is 0.327. The third kappa shape index (κ3) is 12.2. The molecule has 2 atom stereocenters. The number of unbranched alkanes of at least 4 members (excludes halogenated alkanes) is 13. The van der Waals surface area contributed by atoms with Crippen molar-refractivity contribution >= 4 is 6.34 Å². The molecule has 188 valence electrons. The van der Waals surface area contributed by atoms with Crippen LogP contribution in [0.15, 0.2) is 35.3 Å². The second-order valence-electron chi connectivity index (χ2n) is 10.9. The summed E-state index contributed by atoms with van der Waals surface area (Å²) in [5, 5.41) is 11.0. The molecule has 1 aliphatic rings. The topological polar surface area (TPSA) is 32.6 Å². The molecular formula is C30H53N2O+. The third-order valence-electron chi connectivity index (χ3n) is 7.36. The Kier molecular flexibility index (Phi) is 14.7. The maximum atomic E-state index is 11.0. The van der Waals surface area contributed by atoms with Crippen molar-refractivity contribution in [2.24, 2.45) is 10.9 Å². The normalized spacial score (nSPS) is 18.9. The fourth-order valence-corrected chi connectivity index (χ4v) is 5.15. The summed E-state index contributed by atoms with van der Waals surface area (Å²) in [5.41, 5.74) is 1.28. The van der Waals surface area contributed by atoms with Crippen molar-refractivity contribution in [3.63, 3.8) is 0 Å². The van der Waals surface area contributed by atoms with Crippen LogP contribution in [0.2, 0.25) is 0 Å². The zero-order valence-corrected chi connectivity index (χ0v) is 21.9. The van der Waals surface area contributed by atoms with Gasteiger partial charge in [0.05, 0.1) is 6.54 Å². The first-order valence-electron chi connectivity index (χ1n) is 14.2. The summed E-state index contributed by atoms with van der Waals surface area (Å²) < 4.78 is 0.613. The van der Waals surface area contributed by atoms with Gasteiger partial charge in [-0.2, -0.15) is 0 Å². The molecule has 2 unspecified atom stereocenters. The summed E-state index contributed by atoms with van der Waals surface area (Å²) in [5.74, 6) is 0.875. The van der Waals surface area contributed by atoms with E-state index in [1.807, 2.05) is 6.34 Å². The smallest absolute Gasteiger partial charge is 0.196 e. The van der Waals surface area contributed by atoms with Crippen molar-refractivity contribution in [3.8, 4) is 0 Å². The van der Waals surface area contributed by atoms with Crippen LogP contribution in [0.5, 0.6) is 0 Å². The van der Waals surface area contributed by atoms with Crippen molar-refractivity contribution in [1.82, 2.24) is 0 Å². The molecule has 1 aromatic rings. The highest BCUT2D eigenvalue weighted by Gasteiger charge is 2.37. The van der Waals surface area contributed by atoms with Gasteiger partial charge < -0.3 is 5.11 Å². The molecule has 0 saturated heterocycles. The van der Waals surface area contributed by atoms with Crippen LogP contribution >= 0.6 is 0 Å². The average molecular weight is 458 g/mol. The fraction of sp³-hybridized carbons (Fsp3) is 0.767. The Labute approximate surface area is 205 Å². The van der Waals surface area contributed by atoms with Gasteiger partial charge >= 0.3 is 0 Å². The van der Waals surface area contributed by atoms with E-state index in [9.17, 15) is 5.11 Å². The van der Waals surface area contributed by atoms with Crippen LogP contribution < -0.4 is 0 Å². The first-order valence-corrected chi connectivity index (χ1v) is 14.2. The van der Waals surface area contributed by atoms with E-state index in [-0.39, 0.29) is 6.23 Å². The molecule has 1 aromatic carbocycles. The molecule has 3 heteroatoms. The summed E-state index contributed by atoms with van der Waals surface area (Å²) in [6.07, 6.45) is 23.3. The highest BCUT2D eigenvalue weighted by atomic mass is 16.3. The van der Waals surface area contributed by atoms with E-state index in [0.717, 1.165) is 38.4 Å². The molecule has 33 heavy (non-hydrogen) atoms. The van der Waals surface area contributed by atoms with Crippen LogP contribution in [-0.4, -0.2) is 35.2 Å². The lowest BCUT2D eigenvalue weighted by molar-refractivity contribution is -0.892. The van der Waals surface area contributed by atoms with E-state index < -0.39 is 0 Å².